The number of fused-ring (bicyclic) bond motifs is 4. The van der Waals surface area contributed by atoms with Gasteiger partial charge in [0.05, 0.1) is 23.0 Å². The van der Waals surface area contributed by atoms with E-state index in [1.165, 1.54) is 0 Å². The highest BCUT2D eigenvalue weighted by Crippen LogP contribution is 2.38. The predicted octanol–water partition coefficient (Wildman–Crippen LogP) is 8.91. The Hall–Kier alpha value is -5.42. The number of furan rings is 1. The van der Waals surface area contributed by atoms with Gasteiger partial charge in [-0.15, -0.1) is 0 Å². The van der Waals surface area contributed by atoms with Crippen LogP contribution in [0.5, 0.6) is 0 Å². The molecule has 5 nitrogen and oxygen atoms in total. The Morgan fingerprint density at radius 1 is 0.615 bits per heavy atom. The summed E-state index contributed by atoms with van der Waals surface area (Å²) in [4.78, 5) is 9.32. The van der Waals surface area contributed by atoms with Crippen molar-refractivity contribution < 1.29 is 8.83 Å². The minimum absolute atomic E-state index is 0.605. The minimum atomic E-state index is 0.605. The number of hydrogen-bond acceptors (Lipinski definition) is 4. The topological polar surface area (TPSA) is 57.0 Å². The van der Waals surface area contributed by atoms with E-state index >= 15 is 0 Å². The molecule has 0 aliphatic heterocycles. The molecule has 4 heterocycles. The van der Waals surface area contributed by atoms with Crippen molar-refractivity contribution >= 4 is 32.9 Å². The van der Waals surface area contributed by atoms with Gasteiger partial charge in [0.2, 0.25) is 5.89 Å². The van der Waals surface area contributed by atoms with E-state index in [4.69, 9.17) is 13.8 Å². The van der Waals surface area contributed by atoms with Gasteiger partial charge in [-0.2, -0.15) is 0 Å². The van der Waals surface area contributed by atoms with E-state index < -0.39 is 0 Å². The molecule has 4 aromatic carbocycles. The minimum Gasteiger partial charge on any atom is -0.464 e. The van der Waals surface area contributed by atoms with E-state index in [1.54, 1.807) is 6.26 Å². The van der Waals surface area contributed by atoms with E-state index in [9.17, 15) is 0 Å². The van der Waals surface area contributed by atoms with Crippen LogP contribution >= 0.6 is 0 Å². The van der Waals surface area contributed by atoms with Crippen molar-refractivity contribution in [2.75, 3.05) is 0 Å². The maximum absolute atomic E-state index is 6.13. The van der Waals surface area contributed by atoms with Crippen LogP contribution in [0.2, 0.25) is 0 Å². The lowest BCUT2D eigenvalue weighted by atomic mass is 10.1. The Balaban J connectivity index is 1.39. The molecule has 0 atom stereocenters. The van der Waals surface area contributed by atoms with Crippen LogP contribution in [0.3, 0.4) is 0 Å². The number of hydrogen-bond donors (Lipinski definition) is 0. The average Bonchev–Trinajstić information content (AvgIpc) is 3.75. The van der Waals surface area contributed by atoms with Crippen LogP contribution in [0.15, 0.2) is 137 Å². The number of benzene rings is 4. The molecule has 184 valence electrons. The zero-order chi connectivity index (χ0) is 25.8. The lowest BCUT2D eigenvalue weighted by molar-refractivity contribution is 0.582. The first-order valence-corrected chi connectivity index (χ1v) is 12.8. The van der Waals surface area contributed by atoms with Crippen molar-refractivity contribution in [1.29, 1.82) is 0 Å². The first-order valence-electron chi connectivity index (χ1n) is 12.8. The Morgan fingerprint density at radius 2 is 1.54 bits per heavy atom. The van der Waals surface area contributed by atoms with E-state index in [0.717, 1.165) is 66.7 Å². The Morgan fingerprint density at radius 3 is 2.41 bits per heavy atom. The summed E-state index contributed by atoms with van der Waals surface area (Å²) in [5, 5.41) is 2.28. The average molecular weight is 504 g/mol. The van der Waals surface area contributed by atoms with Crippen molar-refractivity contribution in [3.63, 3.8) is 0 Å². The molecule has 0 unspecified atom stereocenters. The van der Waals surface area contributed by atoms with Gasteiger partial charge < -0.3 is 13.4 Å². The molecule has 39 heavy (non-hydrogen) atoms. The molecule has 0 saturated carbocycles. The third kappa shape index (κ3) is 3.55. The van der Waals surface area contributed by atoms with Gasteiger partial charge >= 0.3 is 0 Å². The zero-order valence-corrected chi connectivity index (χ0v) is 20.8. The second-order valence-electron chi connectivity index (χ2n) is 9.53. The lowest BCUT2D eigenvalue weighted by Gasteiger charge is -2.10. The molecule has 8 rings (SSSR count). The van der Waals surface area contributed by atoms with Crippen LogP contribution < -0.4 is 0 Å². The summed E-state index contributed by atoms with van der Waals surface area (Å²) < 4.78 is 14.1. The maximum Gasteiger partial charge on any atom is 0.227 e. The fourth-order valence-corrected chi connectivity index (χ4v) is 5.36. The SMILES string of the molecule is c1ccc(-c2cccc(-n3c4ccc(-c5ccco5)cc4c4ccc(-c5nc6ccccc6o5)cc43)c2)nc1. The van der Waals surface area contributed by atoms with E-state index in [0.29, 0.717) is 5.89 Å². The highest BCUT2D eigenvalue weighted by Gasteiger charge is 2.17. The molecule has 0 N–H and O–H groups in total. The van der Waals surface area contributed by atoms with Crippen LogP contribution in [0.25, 0.3) is 72.6 Å². The number of oxazole rings is 1. The summed E-state index contributed by atoms with van der Waals surface area (Å²) in [7, 11) is 0. The molecule has 0 amide bonds. The highest BCUT2D eigenvalue weighted by molar-refractivity contribution is 6.11. The third-order valence-electron chi connectivity index (χ3n) is 7.18. The van der Waals surface area contributed by atoms with Gasteiger partial charge in [0.15, 0.2) is 5.58 Å². The predicted molar refractivity (Wildman–Crippen MR) is 155 cm³/mol. The molecule has 0 aliphatic carbocycles. The Labute approximate surface area is 223 Å². The van der Waals surface area contributed by atoms with Gasteiger partial charge in [-0.05, 0) is 78.9 Å². The van der Waals surface area contributed by atoms with E-state index in [-0.39, 0.29) is 0 Å². The van der Waals surface area contributed by atoms with E-state index in [1.807, 2.05) is 60.8 Å². The molecule has 8 aromatic rings. The normalized spacial score (nSPS) is 11.6. The number of pyridine rings is 1. The summed E-state index contributed by atoms with van der Waals surface area (Å²) in [6.07, 6.45) is 3.53. The van der Waals surface area contributed by atoms with Crippen molar-refractivity contribution in [3.05, 3.63) is 128 Å². The first kappa shape index (κ1) is 21.6. The standard InChI is InChI=1S/C34H21N3O2/c1-2-11-33-29(10-1)36-34(39-33)24-13-15-26-27-20-23(32-12-6-18-38-32)14-16-30(27)37(31(26)21-24)25-8-5-7-22(19-25)28-9-3-4-17-35-28/h1-21H. The monoisotopic (exact) mass is 503 g/mol. The summed E-state index contributed by atoms with van der Waals surface area (Å²) in [5.74, 6) is 1.45. The molecular formula is C34H21N3O2. The molecule has 0 saturated heterocycles. The van der Waals surface area contributed by atoms with E-state index in [2.05, 4.69) is 70.2 Å². The molecule has 0 fully saturated rings. The molecule has 0 spiro atoms. The van der Waals surface area contributed by atoms with Gasteiger partial charge in [0.25, 0.3) is 0 Å². The van der Waals surface area contributed by atoms with Crippen molar-refractivity contribution in [2.45, 2.75) is 0 Å². The zero-order valence-electron chi connectivity index (χ0n) is 20.8. The van der Waals surface area contributed by atoms with Crippen LogP contribution in [0.1, 0.15) is 0 Å². The Bertz CT molecular complexity index is 2090. The molecular weight excluding hydrogens is 482 g/mol. The van der Waals surface area contributed by atoms with Crippen LogP contribution in [-0.4, -0.2) is 14.5 Å². The van der Waals surface area contributed by atoms with Gasteiger partial charge in [-0.25, -0.2) is 4.98 Å². The Kier molecular flexibility index (Phi) is 4.76. The summed E-state index contributed by atoms with van der Waals surface area (Å²) >= 11 is 0. The van der Waals surface area contributed by atoms with Crippen molar-refractivity contribution in [1.82, 2.24) is 14.5 Å². The second kappa shape index (κ2) is 8.57. The molecule has 0 radical (unpaired) electrons. The summed E-state index contributed by atoms with van der Waals surface area (Å²) in [6, 6.07) is 39.1. The smallest absolute Gasteiger partial charge is 0.227 e. The molecule has 0 aliphatic rings. The maximum atomic E-state index is 6.13. The lowest BCUT2D eigenvalue weighted by Crippen LogP contribution is -1.95. The quantitative estimate of drug-likeness (QED) is 0.241. The summed E-state index contributed by atoms with van der Waals surface area (Å²) in [5.41, 5.74) is 8.81. The number of nitrogens with zero attached hydrogens (tertiary/aromatic N) is 3. The van der Waals surface area contributed by atoms with Crippen LogP contribution in [0.4, 0.5) is 0 Å². The van der Waals surface area contributed by atoms with Gasteiger partial charge in [-0.3, -0.25) is 4.98 Å². The van der Waals surface area contributed by atoms with Crippen molar-refractivity contribution in [2.24, 2.45) is 0 Å². The van der Waals surface area contributed by atoms with Gasteiger partial charge in [-0.1, -0.05) is 36.4 Å². The number of aromatic nitrogens is 3. The second-order valence-corrected chi connectivity index (χ2v) is 9.53. The molecule has 4 aromatic heterocycles. The molecule has 0 bridgehead atoms. The first-order chi connectivity index (χ1) is 19.3. The largest absolute Gasteiger partial charge is 0.464 e. The van der Waals surface area contributed by atoms with Crippen LogP contribution in [-0.2, 0) is 0 Å². The van der Waals surface area contributed by atoms with Crippen molar-refractivity contribution in [3.8, 4) is 39.7 Å². The van der Waals surface area contributed by atoms with Gasteiger partial charge in [0.1, 0.15) is 11.3 Å². The molecule has 5 heteroatoms. The number of para-hydroxylation sites is 2. The highest BCUT2D eigenvalue weighted by atomic mass is 16.3. The van der Waals surface area contributed by atoms with Gasteiger partial charge in [0, 0.05) is 39.3 Å². The van der Waals surface area contributed by atoms with Crippen LogP contribution in [0, 0.1) is 0 Å². The number of rotatable bonds is 4. The fourth-order valence-electron chi connectivity index (χ4n) is 5.36. The third-order valence-corrected chi connectivity index (χ3v) is 7.18. The fraction of sp³-hybridized carbons (Fsp3) is 0. The summed E-state index contributed by atoms with van der Waals surface area (Å²) in [6.45, 7) is 0.